The number of carboxylic acids is 1. The first-order valence-electron chi connectivity index (χ1n) is 5.17. The van der Waals surface area contributed by atoms with Crippen molar-refractivity contribution in [3.8, 4) is 11.8 Å². The highest BCUT2D eigenvalue weighted by molar-refractivity contribution is 9.10. The maximum absolute atomic E-state index is 11.0. The number of aromatic carboxylic acids is 1. The molecule has 1 N–H and O–H groups in total. The zero-order chi connectivity index (χ0) is 12.7. The van der Waals surface area contributed by atoms with Crippen LogP contribution >= 0.6 is 15.9 Å². The summed E-state index contributed by atoms with van der Waals surface area (Å²) in [6.45, 7) is 0.420. The maximum atomic E-state index is 11.0. The van der Waals surface area contributed by atoms with E-state index in [-0.39, 0.29) is 5.56 Å². The minimum Gasteiger partial charge on any atom is -0.493 e. The predicted molar refractivity (Wildman–Crippen MR) is 66.1 cm³/mol. The highest BCUT2D eigenvalue weighted by atomic mass is 79.9. The molecule has 0 atom stereocenters. The van der Waals surface area contributed by atoms with Crippen molar-refractivity contribution in [2.75, 3.05) is 6.61 Å². The molecule has 0 aliphatic carbocycles. The second-order valence-electron chi connectivity index (χ2n) is 3.41. The van der Waals surface area contributed by atoms with Gasteiger partial charge in [0.2, 0.25) is 0 Å². The Kier molecular flexibility index (Phi) is 5.50. The topological polar surface area (TPSA) is 70.3 Å². The number of hydrogen-bond acceptors (Lipinski definition) is 3. The van der Waals surface area contributed by atoms with Crippen molar-refractivity contribution in [1.82, 2.24) is 0 Å². The second kappa shape index (κ2) is 6.92. The number of ether oxygens (including phenoxy) is 1. The Morgan fingerprint density at radius 1 is 1.47 bits per heavy atom. The molecule has 0 aliphatic heterocycles. The third-order valence-corrected chi connectivity index (χ3v) is 2.61. The highest BCUT2D eigenvalue weighted by Crippen LogP contribution is 2.23. The number of carboxylic acid groups (broad SMARTS) is 1. The van der Waals surface area contributed by atoms with Crippen LogP contribution in [0.3, 0.4) is 0 Å². The number of carbonyl (C=O) groups is 1. The SMILES string of the molecule is N#CCCCCOc1ccc(Br)cc1C(=O)O. The van der Waals surface area contributed by atoms with E-state index in [2.05, 4.69) is 15.9 Å². The first kappa shape index (κ1) is 13.5. The van der Waals surface area contributed by atoms with Crippen LogP contribution in [0.5, 0.6) is 5.75 Å². The van der Waals surface area contributed by atoms with Crippen LogP contribution in [0.15, 0.2) is 22.7 Å². The monoisotopic (exact) mass is 297 g/mol. The van der Waals surface area contributed by atoms with E-state index < -0.39 is 5.97 Å². The van der Waals surface area contributed by atoms with Crippen molar-refractivity contribution in [2.24, 2.45) is 0 Å². The molecule has 0 radical (unpaired) electrons. The lowest BCUT2D eigenvalue weighted by molar-refractivity contribution is 0.0692. The highest BCUT2D eigenvalue weighted by Gasteiger charge is 2.11. The van der Waals surface area contributed by atoms with Gasteiger partial charge in [0.25, 0.3) is 0 Å². The summed E-state index contributed by atoms with van der Waals surface area (Å²) < 4.78 is 6.09. The lowest BCUT2D eigenvalue weighted by atomic mass is 10.2. The van der Waals surface area contributed by atoms with Crippen molar-refractivity contribution in [1.29, 1.82) is 5.26 Å². The summed E-state index contributed by atoms with van der Waals surface area (Å²) in [4.78, 5) is 11.0. The number of benzene rings is 1. The third kappa shape index (κ3) is 4.45. The van der Waals surface area contributed by atoms with Crippen molar-refractivity contribution >= 4 is 21.9 Å². The number of halogens is 1. The van der Waals surface area contributed by atoms with Crippen molar-refractivity contribution < 1.29 is 14.6 Å². The molecule has 4 nitrogen and oxygen atoms in total. The molecule has 0 aliphatic rings. The third-order valence-electron chi connectivity index (χ3n) is 2.11. The van der Waals surface area contributed by atoms with Gasteiger partial charge in [-0.1, -0.05) is 15.9 Å². The summed E-state index contributed by atoms with van der Waals surface area (Å²) in [5, 5.41) is 17.3. The molecule has 0 bridgehead atoms. The van der Waals surface area contributed by atoms with Gasteiger partial charge in [-0.05, 0) is 31.0 Å². The van der Waals surface area contributed by atoms with Gasteiger partial charge in [-0.15, -0.1) is 0 Å². The van der Waals surface area contributed by atoms with E-state index >= 15 is 0 Å². The number of nitrogens with zero attached hydrogens (tertiary/aromatic N) is 1. The normalized spacial score (nSPS) is 9.65. The summed E-state index contributed by atoms with van der Waals surface area (Å²) in [5.41, 5.74) is 0.139. The van der Waals surface area contributed by atoms with Gasteiger partial charge in [0.15, 0.2) is 0 Å². The fraction of sp³-hybridized carbons (Fsp3) is 0.333. The van der Waals surface area contributed by atoms with Crippen molar-refractivity contribution in [3.63, 3.8) is 0 Å². The molecule has 90 valence electrons. The number of rotatable bonds is 6. The van der Waals surface area contributed by atoms with Gasteiger partial charge in [0, 0.05) is 10.9 Å². The first-order valence-corrected chi connectivity index (χ1v) is 5.97. The summed E-state index contributed by atoms with van der Waals surface area (Å²) >= 11 is 3.21. The molecule has 1 aromatic carbocycles. The Morgan fingerprint density at radius 2 is 2.24 bits per heavy atom. The fourth-order valence-electron chi connectivity index (χ4n) is 1.28. The van der Waals surface area contributed by atoms with Crippen LogP contribution in [-0.2, 0) is 0 Å². The van der Waals surface area contributed by atoms with Crippen LogP contribution in [0, 0.1) is 11.3 Å². The average Bonchev–Trinajstić information content (AvgIpc) is 2.30. The molecule has 0 amide bonds. The fourth-order valence-corrected chi connectivity index (χ4v) is 1.64. The number of unbranched alkanes of at least 4 members (excludes halogenated alkanes) is 2. The molecule has 0 spiro atoms. The Bertz CT molecular complexity index is 440. The van der Waals surface area contributed by atoms with Gasteiger partial charge in [-0.3, -0.25) is 0 Å². The van der Waals surface area contributed by atoms with E-state index in [0.717, 1.165) is 12.8 Å². The van der Waals surface area contributed by atoms with Crippen LogP contribution in [-0.4, -0.2) is 17.7 Å². The molecule has 5 heteroatoms. The van der Waals surface area contributed by atoms with Crippen LogP contribution < -0.4 is 4.74 Å². The molecule has 0 saturated heterocycles. The molecular weight excluding hydrogens is 286 g/mol. The average molecular weight is 298 g/mol. The minimum atomic E-state index is -1.02. The smallest absolute Gasteiger partial charge is 0.339 e. The standard InChI is InChI=1S/C12H12BrNO3/c13-9-4-5-11(10(8-9)12(15)16)17-7-3-1-2-6-14/h4-5,8H,1-3,7H2,(H,15,16). The van der Waals surface area contributed by atoms with Gasteiger partial charge < -0.3 is 9.84 Å². The van der Waals surface area contributed by atoms with E-state index in [1.807, 2.05) is 6.07 Å². The summed E-state index contributed by atoms with van der Waals surface area (Å²) in [7, 11) is 0. The molecule has 0 saturated carbocycles. The Morgan fingerprint density at radius 3 is 2.88 bits per heavy atom. The first-order chi connectivity index (χ1) is 8.15. The van der Waals surface area contributed by atoms with Crippen molar-refractivity contribution in [3.05, 3.63) is 28.2 Å². The molecule has 0 aromatic heterocycles. The zero-order valence-electron chi connectivity index (χ0n) is 9.15. The maximum Gasteiger partial charge on any atom is 0.339 e. The summed E-state index contributed by atoms with van der Waals surface area (Å²) in [6, 6.07) is 6.91. The predicted octanol–water partition coefficient (Wildman–Crippen LogP) is 3.22. The van der Waals surface area contributed by atoms with Crippen LogP contribution in [0.4, 0.5) is 0 Å². The largest absolute Gasteiger partial charge is 0.493 e. The number of hydrogen-bond donors (Lipinski definition) is 1. The lowest BCUT2D eigenvalue weighted by Gasteiger charge is -2.08. The summed E-state index contributed by atoms with van der Waals surface area (Å²) in [5.74, 6) is -0.656. The van der Waals surface area contributed by atoms with Crippen molar-refractivity contribution in [2.45, 2.75) is 19.3 Å². The number of nitriles is 1. The van der Waals surface area contributed by atoms with Crippen LogP contribution in [0.2, 0.25) is 0 Å². The quantitative estimate of drug-likeness (QED) is 0.819. The van der Waals surface area contributed by atoms with Gasteiger partial charge in [-0.2, -0.15) is 5.26 Å². The van der Waals surface area contributed by atoms with E-state index in [4.69, 9.17) is 15.1 Å². The van der Waals surface area contributed by atoms with Crippen LogP contribution in [0.25, 0.3) is 0 Å². The van der Waals surface area contributed by atoms with E-state index in [1.54, 1.807) is 12.1 Å². The molecule has 1 rings (SSSR count). The van der Waals surface area contributed by atoms with Gasteiger partial charge in [0.1, 0.15) is 11.3 Å². The van der Waals surface area contributed by atoms with Crippen LogP contribution in [0.1, 0.15) is 29.6 Å². The Balaban J connectivity index is 2.59. The second-order valence-corrected chi connectivity index (χ2v) is 4.32. The summed E-state index contributed by atoms with van der Waals surface area (Å²) in [6.07, 6.45) is 1.99. The molecule has 0 fully saturated rings. The Hall–Kier alpha value is -1.54. The lowest BCUT2D eigenvalue weighted by Crippen LogP contribution is -2.04. The van der Waals surface area contributed by atoms with Gasteiger partial charge in [-0.25, -0.2) is 4.79 Å². The molecule has 0 heterocycles. The molecule has 17 heavy (non-hydrogen) atoms. The molecular formula is C12H12BrNO3. The van der Waals surface area contributed by atoms with E-state index in [1.165, 1.54) is 6.07 Å². The van der Waals surface area contributed by atoms with Gasteiger partial charge >= 0.3 is 5.97 Å². The van der Waals surface area contributed by atoms with E-state index in [9.17, 15) is 4.79 Å². The molecule has 1 aromatic rings. The minimum absolute atomic E-state index is 0.139. The van der Waals surface area contributed by atoms with Gasteiger partial charge in [0.05, 0.1) is 12.7 Å². The molecule has 0 unspecified atom stereocenters. The zero-order valence-corrected chi connectivity index (χ0v) is 10.7. The Labute approximate surface area is 108 Å². The van der Waals surface area contributed by atoms with E-state index in [0.29, 0.717) is 23.2 Å².